The molecule has 154 valence electrons. The topological polar surface area (TPSA) is 103 Å². The minimum absolute atomic E-state index is 0.209. The quantitative estimate of drug-likeness (QED) is 0.661. The monoisotopic (exact) mass is 400 g/mol. The first-order chi connectivity index (χ1) is 13.8. The highest BCUT2D eigenvalue weighted by molar-refractivity contribution is 5.93. The molecule has 0 unspecified atom stereocenters. The van der Waals surface area contributed by atoms with E-state index in [0.29, 0.717) is 17.2 Å². The highest BCUT2D eigenvalue weighted by atomic mass is 16.5. The van der Waals surface area contributed by atoms with E-state index in [-0.39, 0.29) is 17.5 Å². The number of carbonyl (C=O) groups excluding carboxylic acids is 3. The number of amides is 2. The van der Waals surface area contributed by atoms with Crippen molar-refractivity contribution in [3.05, 3.63) is 53.6 Å². The van der Waals surface area contributed by atoms with Gasteiger partial charge >= 0.3 is 5.97 Å². The normalized spacial score (nSPS) is 11.2. The van der Waals surface area contributed by atoms with E-state index in [9.17, 15) is 14.4 Å². The van der Waals surface area contributed by atoms with E-state index in [1.54, 1.807) is 51.5 Å². The fourth-order valence-electron chi connectivity index (χ4n) is 2.65. The molecule has 1 atom stereocenters. The molecular formula is C21H24N2O6. The molecule has 0 aliphatic heterocycles. The van der Waals surface area contributed by atoms with Crippen LogP contribution < -0.4 is 20.1 Å². The molecule has 2 aromatic carbocycles. The molecule has 0 aliphatic rings. The van der Waals surface area contributed by atoms with Crippen molar-refractivity contribution in [3.63, 3.8) is 0 Å². The molecule has 0 saturated carbocycles. The fraction of sp³-hybridized carbons (Fsp3) is 0.286. The van der Waals surface area contributed by atoms with Crippen molar-refractivity contribution in [2.45, 2.75) is 19.9 Å². The van der Waals surface area contributed by atoms with E-state index in [2.05, 4.69) is 10.6 Å². The molecule has 0 aromatic heterocycles. The van der Waals surface area contributed by atoms with Gasteiger partial charge in [0.25, 0.3) is 5.91 Å². The maximum absolute atomic E-state index is 12.2. The summed E-state index contributed by atoms with van der Waals surface area (Å²) in [7, 11) is 3.09. The molecule has 8 heteroatoms. The van der Waals surface area contributed by atoms with Crippen molar-refractivity contribution in [2.75, 3.05) is 26.1 Å². The first-order valence-corrected chi connectivity index (χ1v) is 8.90. The summed E-state index contributed by atoms with van der Waals surface area (Å²) in [5.41, 5.74) is 1.57. The molecule has 0 bridgehead atoms. The Kier molecular flexibility index (Phi) is 7.59. The zero-order valence-electron chi connectivity index (χ0n) is 16.8. The van der Waals surface area contributed by atoms with Crippen molar-refractivity contribution in [2.24, 2.45) is 0 Å². The number of benzene rings is 2. The van der Waals surface area contributed by atoms with Crippen molar-refractivity contribution < 1.29 is 28.6 Å². The Morgan fingerprint density at radius 2 is 1.69 bits per heavy atom. The lowest BCUT2D eigenvalue weighted by molar-refractivity contribution is -0.124. The van der Waals surface area contributed by atoms with Crippen LogP contribution >= 0.6 is 0 Å². The summed E-state index contributed by atoms with van der Waals surface area (Å²) in [6.45, 7) is 2.75. The second-order valence-corrected chi connectivity index (χ2v) is 6.23. The average molecular weight is 400 g/mol. The van der Waals surface area contributed by atoms with E-state index < -0.39 is 18.5 Å². The first-order valence-electron chi connectivity index (χ1n) is 8.90. The summed E-state index contributed by atoms with van der Waals surface area (Å²) in [5.74, 6) is -0.0589. The molecule has 0 fully saturated rings. The second kappa shape index (κ2) is 10.1. The summed E-state index contributed by atoms with van der Waals surface area (Å²) >= 11 is 0. The highest BCUT2D eigenvalue weighted by Crippen LogP contribution is 2.29. The third kappa shape index (κ3) is 6.24. The minimum Gasteiger partial charge on any atom is -0.497 e. The summed E-state index contributed by atoms with van der Waals surface area (Å²) in [4.78, 5) is 35.3. The van der Waals surface area contributed by atoms with E-state index in [1.807, 2.05) is 0 Å². The van der Waals surface area contributed by atoms with Gasteiger partial charge < -0.3 is 24.8 Å². The van der Waals surface area contributed by atoms with Crippen LogP contribution in [0.1, 0.15) is 35.8 Å². The maximum atomic E-state index is 12.2. The van der Waals surface area contributed by atoms with Gasteiger partial charge in [0.15, 0.2) is 6.61 Å². The van der Waals surface area contributed by atoms with Gasteiger partial charge in [-0.15, -0.1) is 0 Å². The third-order valence-corrected chi connectivity index (χ3v) is 4.06. The van der Waals surface area contributed by atoms with E-state index >= 15 is 0 Å². The van der Waals surface area contributed by atoms with E-state index in [1.165, 1.54) is 19.1 Å². The lowest BCUT2D eigenvalue weighted by atomic mass is 10.1. The van der Waals surface area contributed by atoms with E-state index in [4.69, 9.17) is 14.2 Å². The van der Waals surface area contributed by atoms with Crippen LogP contribution in [0.5, 0.6) is 11.5 Å². The van der Waals surface area contributed by atoms with Gasteiger partial charge in [0.1, 0.15) is 11.5 Å². The summed E-state index contributed by atoms with van der Waals surface area (Å²) < 4.78 is 15.6. The second-order valence-electron chi connectivity index (χ2n) is 6.23. The van der Waals surface area contributed by atoms with Gasteiger partial charge in [-0.1, -0.05) is 0 Å². The van der Waals surface area contributed by atoms with Crippen LogP contribution in [0, 0.1) is 0 Å². The molecule has 2 amide bonds. The number of anilines is 1. The molecule has 0 saturated heterocycles. The zero-order chi connectivity index (χ0) is 21.4. The molecular weight excluding hydrogens is 376 g/mol. The molecule has 8 nitrogen and oxygen atoms in total. The number of carbonyl (C=O) groups is 3. The first kappa shape index (κ1) is 21.7. The standard InChI is InChI=1S/C21H24N2O6/c1-13(18-11-17(27-3)9-10-19(18)28-4)22-20(25)12-29-21(26)15-5-7-16(8-6-15)23-14(2)24/h5-11,13H,12H2,1-4H3,(H,22,25)(H,23,24)/t13-/m1/s1. The molecule has 0 aliphatic carbocycles. The largest absolute Gasteiger partial charge is 0.497 e. The van der Waals surface area contributed by atoms with Gasteiger partial charge in [0.05, 0.1) is 25.8 Å². The predicted molar refractivity (Wildman–Crippen MR) is 107 cm³/mol. The summed E-state index contributed by atoms with van der Waals surface area (Å²) in [5, 5.41) is 5.36. The lowest BCUT2D eigenvalue weighted by Crippen LogP contribution is -2.31. The number of ether oxygens (including phenoxy) is 3. The minimum atomic E-state index is -0.638. The zero-order valence-corrected chi connectivity index (χ0v) is 16.8. The highest BCUT2D eigenvalue weighted by Gasteiger charge is 2.17. The average Bonchev–Trinajstić information content (AvgIpc) is 2.71. The molecule has 0 spiro atoms. The Bertz CT molecular complexity index is 879. The van der Waals surface area contributed by atoms with Crippen LogP contribution in [0.3, 0.4) is 0 Å². The van der Waals surface area contributed by atoms with Crippen LogP contribution in [0.25, 0.3) is 0 Å². The Balaban J connectivity index is 1.92. The number of nitrogens with one attached hydrogen (secondary N) is 2. The molecule has 2 N–H and O–H groups in total. The molecule has 0 heterocycles. The van der Waals surface area contributed by atoms with Gasteiger partial charge in [-0.3, -0.25) is 9.59 Å². The SMILES string of the molecule is COc1ccc(OC)c([C@@H](C)NC(=O)COC(=O)c2ccc(NC(C)=O)cc2)c1. The smallest absolute Gasteiger partial charge is 0.338 e. The van der Waals surface area contributed by atoms with Crippen LogP contribution in [-0.2, 0) is 14.3 Å². The Hall–Kier alpha value is -3.55. The van der Waals surface area contributed by atoms with E-state index in [0.717, 1.165) is 5.56 Å². The van der Waals surface area contributed by atoms with Gasteiger partial charge in [-0.25, -0.2) is 4.79 Å². The number of rotatable bonds is 8. The lowest BCUT2D eigenvalue weighted by Gasteiger charge is -2.18. The Morgan fingerprint density at radius 1 is 1.00 bits per heavy atom. The molecule has 2 aromatic rings. The van der Waals surface area contributed by atoms with Crippen molar-refractivity contribution >= 4 is 23.5 Å². The summed E-state index contributed by atoms with van der Waals surface area (Å²) in [6, 6.07) is 11.1. The van der Waals surface area contributed by atoms with Gasteiger partial charge in [-0.05, 0) is 49.4 Å². The Labute approximate surface area is 169 Å². The van der Waals surface area contributed by atoms with Crippen LogP contribution in [0.4, 0.5) is 5.69 Å². The van der Waals surface area contributed by atoms with Gasteiger partial charge in [0, 0.05) is 18.2 Å². The van der Waals surface area contributed by atoms with Crippen LogP contribution in [0.2, 0.25) is 0 Å². The van der Waals surface area contributed by atoms with Gasteiger partial charge in [0.2, 0.25) is 5.91 Å². The van der Waals surface area contributed by atoms with Gasteiger partial charge in [-0.2, -0.15) is 0 Å². The van der Waals surface area contributed by atoms with Crippen molar-refractivity contribution in [3.8, 4) is 11.5 Å². The number of methoxy groups -OCH3 is 2. The number of esters is 1. The van der Waals surface area contributed by atoms with Crippen molar-refractivity contribution in [1.29, 1.82) is 0 Å². The fourth-order valence-corrected chi connectivity index (χ4v) is 2.65. The van der Waals surface area contributed by atoms with Crippen molar-refractivity contribution in [1.82, 2.24) is 5.32 Å². The van der Waals surface area contributed by atoms with Crippen LogP contribution in [-0.4, -0.2) is 38.6 Å². The number of hydrogen-bond donors (Lipinski definition) is 2. The van der Waals surface area contributed by atoms with Crippen LogP contribution in [0.15, 0.2) is 42.5 Å². The molecule has 2 rings (SSSR count). The molecule has 29 heavy (non-hydrogen) atoms. The Morgan fingerprint density at radius 3 is 2.28 bits per heavy atom. The summed E-state index contributed by atoms with van der Waals surface area (Å²) in [6.07, 6.45) is 0. The molecule has 0 radical (unpaired) electrons. The maximum Gasteiger partial charge on any atom is 0.338 e. The number of hydrogen-bond acceptors (Lipinski definition) is 6. The third-order valence-electron chi connectivity index (χ3n) is 4.06. The predicted octanol–water partition coefficient (Wildman–Crippen LogP) is 2.70.